The fourth-order valence-electron chi connectivity index (χ4n) is 1.89. The topological polar surface area (TPSA) is 86.5 Å². The van der Waals surface area contributed by atoms with Gasteiger partial charge >= 0.3 is 0 Å². The molecule has 1 aromatic rings. The van der Waals surface area contributed by atoms with Crippen LogP contribution < -0.4 is 5.32 Å². The lowest BCUT2D eigenvalue weighted by Gasteiger charge is -2.26. The second-order valence-corrected chi connectivity index (χ2v) is 4.72. The molecule has 1 aromatic heterocycles. The Kier molecular flexibility index (Phi) is 4.18. The van der Waals surface area contributed by atoms with Gasteiger partial charge in [0.1, 0.15) is 16.6 Å². The molecule has 104 valence electrons. The molecule has 1 N–H and O–H groups in total. The van der Waals surface area contributed by atoms with E-state index in [0.29, 0.717) is 25.6 Å². The molecule has 1 saturated heterocycles. The maximum atomic E-state index is 10.7. The molecule has 1 unspecified atom stereocenters. The Labute approximate surface area is 115 Å². The highest BCUT2D eigenvalue weighted by molar-refractivity contribution is 6.29. The maximum Gasteiger partial charge on any atom is 0.276 e. The molecule has 0 bridgehead atoms. The Morgan fingerprint density at radius 1 is 1.68 bits per heavy atom. The average Bonchev–Trinajstić information content (AvgIpc) is 2.85. The molecule has 2 heterocycles. The Balaban J connectivity index is 2.08. The first-order chi connectivity index (χ1) is 9.04. The van der Waals surface area contributed by atoms with Crippen LogP contribution in [-0.4, -0.2) is 42.4 Å². The molecule has 2 rings (SSSR count). The van der Waals surface area contributed by atoms with E-state index in [1.807, 2.05) is 0 Å². The van der Waals surface area contributed by atoms with Crippen molar-refractivity contribution < 1.29 is 14.4 Å². The molecule has 0 aromatic carbocycles. The summed E-state index contributed by atoms with van der Waals surface area (Å²) in [4.78, 5) is 14.2. The third-order valence-electron chi connectivity index (χ3n) is 3.08. The van der Waals surface area contributed by atoms with Crippen LogP contribution in [-0.2, 0) is 9.47 Å². The normalized spacial score (nSPS) is 22.4. The summed E-state index contributed by atoms with van der Waals surface area (Å²) in [5, 5.41) is 13.8. The zero-order chi connectivity index (χ0) is 13.9. The third kappa shape index (κ3) is 3.31. The van der Waals surface area contributed by atoms with Crippen molar-refractivity contribution in [1.29, 1.82) is 0 Å². The number of aromatic nitrogens is 1. The van der Waals surface area contributed by atoms with Gasteiger partial charge in [-0.05, 0) is 0 Å². The van der Waals surface area contributed by atoms with Crippen molar-refractivity contribution in [2.45, 2.75) is 12.0 Å². The fourth-order valence-corrected chi connectivity index (χ4v) is 2.09. The molecule has 0 aliphatic carbocycles. The Morgan fingerprint density at radius 3 is 3.05 bits per heavy atom. The van der Waals surface area contributed by atoms with E-state index in [-0.39, 0.29) is 10.8 Å². The Hall–Kier alpha value is -1.44. The smallest absolute Gasteiger partial charge is 0.276 e. The Morgan fingerprint density at radius 2 is 2.47 bits per heavy atom. The second kappa shape index (κ2) is 5.68. The zero-order valence-corrected chi connectivity index (χ0v) is 11.1. The monoisotopic (exact) mass is 287 g/mol. The van der Waals surface area contributed by atoms with Crippen molar-refractivity contribution in [2.24, 2.45) is 0 Å². The lowest BCUT2D eigenvalue weighted by atomic mass is 10.0. The van der Waals surface area contributed by atoms with Gasteiger partial charge in [-0.25, -0.2) is 4.98 Å². The van der Waals surface area contributed by atoms with Crippen molar-refractivity contribution >= 4 is 23.1 Å². The van der Waals surface area contributed by atoms with Crippen LogP contribution in [0, 0.1) is 10.1 Å². The summed E-state index contributed by atoms with van der Waals surface area (Å²) in [7, 11) is 1.62. The first-order valence-corrected chi connectivity index (χ1v) is 6.11. The van der Waals surface area contributed by atoms with E-state index in [2.05, 4.69) is 10.3 Å². The number of pyridine rings is 1. The number of methoxy groups -OCH3 is 1. The predicted molar refractivity (Wildman–Crippen MR) is 69.6 cm³/mol. The summed E-state index contributed by atoms with van der Waals surface area (Å²) in [6.07, 6.45) is 0.763. The average molecular weight is 288 g/mol. The van der Waals surface area contributed by atoms with Gasteiger partial charge in [0.2, 0.25) is 0 Å². The van der Waals surface area contributed by atoms with Crippen LogP contribution in [0.3, 0.4) is 0 Å². The summed E-state index contributed by atoms with van der Waals surface area (Å²) in [5.74, 6) is 0.350. The summed E-state index contributed by atoms with van der Waals surface area (Å²) in [6.45, 7) is 1.58. The van der Waals surface area contributed by atoms with E-state index in [1.54, 1.807) is 7.11 Å². The van der Waals surface area contributed by atoms with Gasteiger partial charge in [0.15, 0.2) is 0 Å². The molecule has 0 saturated carbocycles. The predicted octanol–water partition coefficient (Wildman–Crippen LogP) is 1.86. The number of nitrogens with one attached hydrogen (secondary N) is 1. The van der Waals surface area contributed by atoms with Gasteiger partial charge < -0.3 is 14.8 Å². The first kappa shape index (κ1) is 14.0. The van der Waals surface area contributed by atoms with E-state index in [9.17, 15) is 10.1 Å². The van der Waals surface area contributed by atoms with Crippen molar-refractivity contribution in [3.63, 3.8) is 0 Å². The lowest BCUT2D eigenvalue weighted by molar-refractivity contribution is -0.384. The van der Waals surface area contributed by atoms with E-state index in [4.69, 9.17) is 21.1 Å². The van der Waals surface area contributed by atoms with Crippen LogP contribution in [0.25, 0.3) is 0 Å². The first-order valence-electron chi connectivity index (χ1n) is 5.73. The van der Waals surface area contributed by atoms with Crippen molar-refractivity contribution in [1.82, 2.24) is 4.98 Å². The number of halogens is 1. The lowest BCUT2D eigenvalue weighted by Crippen LogP contribution is -2.39. The van der Waals surface area contributed by atoms with Gasteiger partial charge in [-0.1, -0.05) is 11.6 Å². The van der Waals surface area contributed by atoms with Gasteiger partial charge in [-0.15, -0.1) is 0 Å². The molecule has 0 spiro atoms. The number of hydrogen-bond acceptors (Lipinski definition) is 6. The van der Waals surface area contributed by atoms with Gasteiger partial charge in [0.05, 0.1) is 23.7 Å². The van der Waals surface area contributed by atoms with Crippen LogP contribution in [0.15, 0.2) is 12.1 Å². The third-order valence-corrected chi connectivity index (χ3v) is 3.28. The van der Waals surface area contributed by atoms with Crippen LogP contribution in [0.1, 0.15) is 6.42 Å². The van der Waals surface area contributed by atoms with Crippen molar-refractivity contribution in [2.75, 3.05) is 32.2 Å². The Bertz CT molecular complexity index is 477. The largest absolute Gasteiger partial charge is 0.378 e. The van der Waals surface area contributed by atoms with Crippen LogP contribution in [0.2, 0.25) is 5.15 Å². The van der Waals surface area contributed by atoms with Gasteiger partial charge in [-0.3, -0.25) is 10.1 Å². The SMILES string of the molecule is COC1(CNc2cc([N+](=O)[O-])cc(Cl)n2)CCOC1. The molecule has 7 nitrogen and oxygen atoms in total. The summed E-state index contributed by atoms with van der Waals surface area (Å²) < 4.78 is 10.8. The van der Waals surface area contributed by atoms with E-state index in [0.717, 1.165) is 6.42 Å². The summed E-state index contributed by atoms with van der Waals surface area (Å²) in [6, 6.07) is 2.54. The number of nitro groups is 1. The molecule has 0 amide bonds. The number of anilines is 1. The van der Waals surface area contributed by atoms with Crippen LogP contribution in [0.5, 0.6) is 0 Å². The molecule has 0 radical (unpaired) electrons. The fraction of sp³-hybridized carbons (Fsp3) is 0.545. The highest BCUT2D eigenvalue weighted by Gasteiger charge is 2.34. The molecule has 1 aliphatic heterocycles. The summed E-state index contributed by atoms with van der Waals surface area (Å²) in [5.41, 5.74) is -0.518. The van der Waals surface area contributed by atoms with Gasteiger partial charge in [0.25, 0.3) is 5.69 Å². The quantitative estimate of drug-likeness (QED) is 0.505. The zero-order valence-electron chi connectivity index (χ0n) is 10.4. The van der Waals surface area contributed by atoms with Crippen molar-refractivity contribution in [3.05, 3.63) is 27.4 Å². The van der Waals surface area contributed by atoms with Crippen molar-refractivity contribution in [3.8, 4) is 0 Å². The molecule has 8 heteroatoms. The molecule has 1 fully saturated rings. The number of hydrogen-bond donors (Lipinski definition) is 1. The van der Waals surface area contributed by atoms with E-state index < -0.39 is 10.5 Å². The standard InChI is InChI=1S/C11H14ClN3O4/c1-18-11(2-3-19-7-11)6-13-10-5-8(15(16)17)4-9(12)14-10/h4-5H,2-3,6-7H2,1H3,(H,13,14). The number of nitrogens with zero attached hydrogens (tertiary/aromatic N) is 2. The molecule has 1 atom stereocenters. The highest BCUT2D eigenvalue weighted by atomic mass is 35.5. The van der Waals surface area contributed by atoms with Crippen LogP contribution >= 0.6 is 11.6 Å². The maximum absolute atomic E-state index is 10.7. The number of rotatable bonds is 5. The summed E-state index contributed by atoms with van der Waals surface area (Å²) >= 11 is 5.75. The molecule has 19 heavy (non-hydrogen) atoms. The highest BCUT2D eigenvalue weighted by Crippen LogP contribution is 2.25. The van der Waals surface area contributed by atoms with Gasteiger partial charge in [-0.2, -0.15) is 0 Å². The minimum absolute atomic E-state index is 0.0749. The van der Waals surface area contributed by atoms with Gasteiger partial charge in [0, 0.05) is 26.7 Å². The number of ether oxygens (including phenoxy) is 2. The van der Waals surface area contributed by atoms with E-state index >= 15 is 0 Å². The molecular weight excluding hydrogens is 274 g/mol. The van der Waals surface area contributed by atoms with E-state index in [1.165, 1.54) is 12.1 Å². The molecule has 1 aliphatic rings. The minimum Gasteiger partial charge on any atom is -0.378 e. The second-order valence-electron chi connectivity index (χ2n) is 4.33. The minimum atomic E-state index is -0.510. The molecular formula is C11H14ClN3O4. The van der Waals surface area contributed by atoms with Crippen LogP contribution in [0.4, 0.5) is 11.5 Å².